The number of anilines is 2. The molecule has 4 heterocycles. The summed E-state index contributed by atoms with van der Waals surface area (Å²) in [6, 6.07) is 9.19. The molecule has 1 aromatic carbocycles. The summed E-state index contributed by atoms with van der Waals surface area (Å²) in [7, 11) is 3.85. The summed E-state index contributed by atoms with van der Waals surface area (Å²) >= 11 is 12.2. The zero-order valence-corrected chi connectivity index (χ0v) is 22.9. The average Bonchev–Trinajstić information content (AvgIpc) is 3.47. The number of nitrogens with one attached hydrogen (secondary N) is 1. The molecule has 4 aromatic rings. The maximum atomic E-state index is 13.1. The highest BCUT2D eigenvalue weighted by molar-refractivity contribution is 6.33. The van der Waals surface area contributed by atoms with Crippen molar-refractivity contribution in [2.45, 2.75) is 32.9 Å². The van der Waals surface area contributed by atoms with E-state index in [1.807, 2.05) is 61.8 Å². The highest BCUT2D eigenvalue weighted by Gasteiger charge is 2.32. The van der Waals surface area contributed by atoms with Crippen LogP contribution in [0.5, 0.6) is 0 Å². The van der Waals surface area contributed by atoms with Gasteiger partial charge in [-0.15, -0.1) is 0 Å². The van der Waals surface area contributed by atoms with Gasteiger partial charge >= 0.3 is 0 Å². The van der Waals surface area contributed by atoms with E-state index in [-0.39, 0.29) is 11.1 Å². The predicted octanol–water partition coefficient (Wildman–Crippen LogP) is 5.83. The van der Waals surface area contributed by atoms with Crippen LogP contribution in [0.15, 0.2) is 49.1 Å². The van der Waals surface area contributed by atoms with E-state index < -0.39 is 11.2 Å². The van der Waals surface area contributed by atoms with E-state index in [1.165, 1.54) is 22.7 Å². The van der Waals surface area contributed by atoms with Crippen LogP contribution in [0, 0.1) is 0 Å². The third-order valence-corrected chi connectivity index (χ3v) is 7.15. The van der Waals surface area contributed by atoms with Crippen molar-refractivity contribution in [3.8, 4) is 0 Å². The van der Waals surface area contributed by atoms with Gasteiger partial charge in [-0.2, -0.15) is 0 Å². The van der Waals surface area contributed by atoms with Crippen molar-refractivity contribution in [2.75, 3.05) is 36.9 Å². The van der Waals surface area contributed by atoms with E-state index in [1.54, 1.807) is 6.07 Å². The van der Waals surface area contributed by atoms with Crippen LogP contribution in [0.2, 0.25) is 10.0 Å². The number of pyridine rings is 1. The summed E-state index contributed by atoms with van der Waals surface area (Å²) in [5.74, 6) is -0.106. The van der Waals surface area contributed by atoms with Gasteiger partial charge in [0, 0.05) is 48.3 Å². The lowest BCUT2D eigenvalue weighted by molar-refractivity contribution is -0.671. The van der Waals surface area contributed by atoms with Crippen molar-refractivity contribution >= 4 is 45.7 Å². The monoisotopic (exact) mass is 550 g/mol. The van der Waals surface area contributed by atoms with Crippen molar-refractivity contribution in [1.82, 2.24) is 19.4 Å². The Hall–Kier alpha value is -2.88. The first-order valence-corrected chi connectivity index (χ1v) is 13.1. The zero-order chi connectivity index (χ0) is 26.7. The molecule has 0 saturated heterocycles. The second kappa shape index (κ2) is 11.7. The largest absolute Gasteiger partial charge is 0.358 e. The fourth-order valence-electron chi connectivity index (χ4n) is 4.82. The van der Waals surface area contributed by atoms with E-state index in [0.29, 0.717) is 12.4 Å². The molecule has 1 N–H and O–H groups in total. The maximum absolute atomic E-state index is 13.1. The highest BCUT2D eigenvalue weighted by atomic mass is 35.5. The molecule has 1 aliphatic heterocycles. The fourth-order valence-corrected chi connectivity index (χ4v) is 5.16. The van der Waals surface area contributed by atoms with Crippen LogP contribution in [-0.2, 0) is 20.0 Å². The molecule has 198 valence electrons. The molecule has 0 fully saturated rings. The SMILES string of the molecule is CC.CN(CCN1CCc2c([nH]c3ccc(Cl)cc23)C1Cn1cc[n+](C)c1)c1ccc(Cl)c(N(F)F)n1. The summed E-state index contributed by atoms with van der Waals surface area (Å²) in [4.78, 5) is 12.0. The van der Waals surface area contributed by atoms with E-state index in [2.05, 4.69) is 32.0 Å². The topological polar surface area (TPSA) is 47.2 Å². The lowest BCUT2D eigenvalue weighted by atomic mass is 9.97. The Labute approximate surface area is 225 Å². The number of H-pyrrole nitrogens is 1. The molecule has 0 amide bonds. The molecule has 7 nitrogen and oxygen atoms in total. The minimum absolute atomic E-state index is 0.0884. The Morgan fingerprint density at radius 3 is 2.68 bits per heavy atom. The Morgan fingerprint density at radius 1 is 1.19 bits per heavy atom. The van der Waals surface area contributed by atoms with Crippen LogP contribution in [0.25, 0.3) is 10.9 Å². The van der Waals surface area contributed by atoms with Crippen LogP contribution < -0.4 is 14.8 Å². The predicted molar refractivity (Wildman–Crippen MR) is 145 cm³/mol. The Balaban J connectivity index is 0.00000156. The zero-order valence-electron chi connectivity index (χ0n) is 21.4. The lowest BCUT2D eigenvalue weighted by Gasteiger charge is -2.36. The normalized spacial score (nSPS) is 15.3. The summed E-state index contributed by atoms with van der Waals surface area (Å²) in [5.41, 5.74) is 3.59. The first-order valence-electron chi connectivity index (χ1n) is 12.3. The van der Waals surface area contributed by atoms with Gasteiger partial charge in [-0.05, 0) is 47.7 Å². The number of aromatic nitrogens is 4. The fraction of sp³-hybridized carbons (Fsp3) is 0.385. The number of halogens is 4. The second-order valence-corrected chi connectivity index (χ2v) is 9.76. The van der Waals surface area contributed by atoms with Gasteiger partial charge in [0.15, 0.2) is 0 Å². The molecule has 0 bridgehead atoms. The number of imidazole rings is 1. The molecule has 1 unspecified atom stereocenters. The van der Waals surface area contributed by atoms with E-state index in [0.717, 1.165) is 36.6 Å². The first kappa shape index (κ1) is 27.2. The van der Waals surface area contributed by atoms with Gasteiger partial charge in [0.1, 0.15) is 24.8 Å². The third-order valence-electron chi connectivity index (χ3n) is 6.62. The number of hydrogen-bond acceptors (Lipinski definition) is 4. The molecule has 3 aromatic heterocycles. The molecule has 1 aliphatic rings. The smallest absolute Gasteiger partial charge is 0.243 e. The van der Waals surface area contributed by atoms with E-state index >= 15 is 0 Å². The standard InChI is InChI=1S/C24H26Cl2F2N7.C2H6/c1-31-9-11-33(15-31)14-21-23-17(18-13-16(25)3-5-20(18)29-23)7-8-34(21)12-10-32(2)22-6-4-19(26)24(30-22)35(27)28;1-2/h3-6,9,11,13,15,21,29H,7-8,10,12,14H2,1-2H3;1-2H3/q+1;. The molecule has 5 rings (SSSR count). The number of nitrogens with zero attached hydrogens (tertiary/aromatic N) is 6. The van der Waals surface area contributed by atoms with Crippen molar-refractivity contribution in [1.29, 1.82) is 0 Å². The minimum Gasteiger partial charge on any atom is -0.358 e. The van der Waals surface area contributed by atoms with E-state index in [9.17, 15) is 8.96 Å². The van der Waals surface area contributed by atoms with Crippen LogP contribution in [-0.4, -0.2) is 46.1 Å². The number of benzene rings is 1. The molecule has 0 saturated carbocycles. The first-order chi connectivity index (χ1) is 17.8. The minimum atomic E-state index is -1.05. The Bertz CT molecular complexity index is 1350. The van der Waals surface area contributed by atoms with Crippen molar-refractivity contribution in [2.24, 2.45) is 7.05 Å². The van der Waals surface area contributed by atoms with Gasteiger partial charge in [-0.1, -0.05) is 46.0 Å². The van der Waals surface area contributed by atoms with Crippen LogP contribution in [0.3, 0.4) is 0 Å². The number of aromatic amines is 1. The van der Waals surface area contributed by atoms with E-state index in [4.69, 9.17) is 23.2 Å². The lowest BCUT2D eigenvalue weighted by Crippen LogP contribution is -2.42. The quantitative estimate of drug-likeness (QED) is 0.232. The summed E-state index contributed by atoms with van der Waals surface area (Å²) < 4.78 is 30.4. The number of rotatable bonds is 7. The molecular formula is C26H32Cl2F2N7+. The number of fused-ring (bicyclic) bond motifs is 3. The molecular weight excluding hydrogens is 519 g/mol. The van der Waals surface area contributed by atoms with Gasteiger partial charge in [0.25, 0.3) is 0 Å². The number of aryl methyl sites for hydroxylation is 1. The van der Waals surface area contributed by atoms with Crippen molar-refractivity contribution in [3.05, 3.63) is 70.4 Å². The third kappa shape index (κ3) is 5.84. The number of likely N-dealkylation sites (N-methyl/N-ethyl adjacent to an activating group) is 1. The molecule has 37 heavy (non-hydrogen) atoms. The molecule has 0 radical (unpaired) electrons. The Kier molecular flexibility index (Phi) is 8.56. The molecule has 1 atom stereocenters. The van der Waals surface area contributed by atoms with Crippen LogP contribution >= 0.6 is 23.2 Å². The van der Waals surface area contributed by atoms with Gasteiger partial charge in [-0.3, -0.25) is 4.90 Å². The van der Waals surface area contributed by atoms with Crippen LogP contribution in [0.4, 0.5) is 20.6 Å². The summed E-state index contributed by atoms with van der Waals surface area (Å²) in [6.07, 6.45) is 7.06. The van der Waals surface area contributed by atoms with Gasteiger partial charge in [0.05, 0.1) is 18.1 Å². The van der Waals surface area contributed by atoms with Gasteiger partial charge < -0.3 is 9.88 Å². The van der Waals surface area contributed by atoms with Crippen molar-refractivity contribution in [3.63, 3.8) is 0 Å². The number of hydrogen-bond donors (Lipinski definition) is 1. The summed E-state index contributed by atoms with van der Waals surface area (Å²) in [5, 5.41) is 0.760. The second-order valence-electron chi connectivity index (χ2n) is 8.91. The molecule has 0 aliphatic carbocycles. The Morgan fingerprint density at radius 2 is 1.97 bits per heavy atom. The van der Waals surface area contributed by atoms with Gasteiger partial charge in [-0.25, -0.2) is 14.1 Å². The highest BCUT2D eigenvalue weighted by Crippen LogP contribution is 2.36. The van der Waals surface area contributed by atoms with Crippen molar-refractivity contribution < 1.29 is 13.5 Å². The maximum Gasteiger partial charge on any atom is 0.243 e. The molecule has 11 heteroatoms. The molecule has 0 spiro atoms. The average molecular weight is 551 g/mol. The summed E-state index contributed by atoms with van der Waals surface area (Å²) in [6.45, 7) is 7.00. The van der Waals surface area contributed by atoms with Gasteiger partial charge in [0.2, 0.25) is 12.1 Å². The van der Waals surface area contributed by atoms with Crippen LogP contribution in [0.1, 0.15) is 31.1 Å².